The minimum Gasteiger partial charge on any atom is -0.485 e. The second-order valence-electron chi connectivity index (χ2n) is 5.61. The number of anilines is 1. The molecule has 0 saturated carbocycles. The van der Waals surface area contributed by atoms with Crippen molar-refractivity contribution in [3.8, 4) is 16.9 Å². The van der Waals surface area contributed by atoms with E-state index in [2.05, 4.69) is 4.98 Å². The Morgan fingerprint density at radius 2 is 1.80 bits per heavy atom. The van der Waals surface area contributed by atoms with Crippen LogP contribution in [0.15, 0.2) is 54.7 Å². The first-order valence-electron chi connectivity index (χ1n) is 7.99. The Morgan fingerprint density at radius 1 is 1.04 bits per heavy atom. The van der Waals surface area contributed by atoms with Crippen molar-refractivity contribution in [1.82, 2.24) is 4.98 Å². The fourth-order valence-electron chi connectivity index (χ4n) is 2.56. The van der Waals surface area contributed by atoms with Crippen LogP contribution in [0.1, 0.15) is 18.1 Å². The van der Waals surface area contributed by atoms with Crippen molar-refractivity contribution >= 4 is 5.82 Å². The lowest BCUT2D eigenvalue weighted by Crippen LogP contribution is -2.06. The number of halogens is 2. The van der Waals surface area contributed by atoms with Crippen LogP contribution in [-0.2, 0) is 13.0 Å². The van der Waals surface area contributed by atoms with Gasteiger partial charge in [0, 0.05) is 11.8 Å². The van der Waals surface area contributed by atoms with E-state index in [-0.39, 0.29) is 18.0 Å². The summed E-state index contributed by atoms with van der Waals surface area (Å²) in [6, 6.07) is 14.0. The number of ether oxygens (including phenoxy) is 1. The summed E-state index contributed by atoms with van der Waals surface area (Å²) in [6.45, 7) is 1.56. The van der Waals surface area contributed by atoms with Crippen LogP contribution in [0.5, 0.6) is 5.75 Å². The predicted octanol–water partition coefficient (Wildman–Crippen LogP) is 4.75. The predicted molar refractivity (Wildman–Crippen MR) is 94.2 cm³/mol. The summed E-state index contributed by atoms with van der Waals surface area (Å²) < 4.78 is 33.8. The van der Waals surface area contributed by atoms with E-state index in [1.807, 2.05) is 37.3 Å². The molecule has 0 spiro atoms. The molecule has 0 aliphatic carbocycles. The number of nitrogens with two attached hydrogens (primary N) is 1. The number of nitrogens with zero attached hydrogens (tertiary/aromatic N) is 1. The molecule has 2 aromatic carbocycles. The van der Waals surface area contributed by atoms with E-state index in [1.165, 1.54) is 12.1 Å². The molecule has 0 atom stereocenters. The molecule has 2 N–H and O–H groups in total. The SMILES string of the molecule is CCc1ccc(F)c(COc2cc(-c3ccccc3)cnc2N)c1F. The number of aryl methyl sites for hydroxylation is 1. The Morgan fingerprint density at radius 3 is 2.52 bits per heavy atom. The normalized spacial score (nSPS) is 10.7. The standard InChI is InChI=1S/C20H18F2N2O/c1-2-13-8-9-17(21)16(19(13)22)12-25-18-10-15(11-24-20(18)23)14-6-4-3-5-7-14/h3-11H,2,12H2,1H3,(H2,23,24). The molecule has 25 heavy (non-hydrogen) atoms. The van der Waals surface area contributed by atoms with Crippen molar-refractivity contribution < 1.29 is 13.5 Å². The van der Waals surface area contributed by atoms with Gasteiger partial charge >= 0.3 is 0 Å². The zero-order valence-electron chi connectivity index (χ0n) is 13.8. The Balaban J connectivity index is 1.87. The summed E-state index contributed by atoms with van der Waals surface area (Å²) in [5, 5.41) is 0. The summed E-state index contributed by atoms with van der Waals surface area (Å²) >= 11 is 0. The maximum Gasteiger partial charge on any atom is 0.166 e. The van der Waals surface area contributed by atoms with Crippen LogP contribution in [0.25, 0.3) is 11.1 Å². The third kappa shape index (κ3) is 3.60. The molecule has 0 aliphatic heterocycles. The highest BCUT2D eigenvalue weighted by atomic mass is 19.1. The largest absolute Gasteiger partial charge is 0.485 e. The third-order valence-corrected chi connectivity index (χ3v) is 4.01. The molecule has 0 bridgehead atoms. The number of rotatable bonds is 5. The molecule has 0 fully saturated rings. The monoisotopic (exact) mass is 340 g/mol. The number of hydrogen-bond acceptors (Lipinski definition) is 3. The highest BCUT2D eigenvalue weighted by Crippen LogP contribution is 2.28. The minimum atomic E-state index is -0.638. The van der Waals surface area contributed by atoms with E-state index >= 15 is 0 Å². The number of pyridine rings is 1. The van der Waals surface area contributed by atoms with E-state index < -0.39 is 11.6 Å². The molecule has 0 amide bonds. The summed E-state index contributed by atoms with van der Waals surface area (Å²) in [7, 11) is 0. The van der Waals surface area contributed by atoms with Crippen molar-refractivity contribution in [3.63, 3.8) is 0 Å². The van der Waals surface area contributed by atoms with Crippen molar-refractivity contribution in [2.75, 3.05) is 5.73 Å². The van der Waals surface area contributed by atoms with Crippen LogP contribution < -0.4 is 10.5 Å². The molecular weight excluding hydrogens is 322 g/mol. The highest BCUT2D eigenvalue weighted by Gasteiger charge is 2.14. The second kappa shape index (κ2) is 7.30. The first-order chi connectivity index (χ1) is 12.1. The Hall–Kier alpha value is -2.95. The Bertz CT molecular complexity index is 882. The lowest BCUT2D eigenvalue weighted by molar-refractivity contribution is 0.293. The summed E-state index contributed by atoms with van der Waals surface area (Å²) in [4.78, 5) is 4.11. The smallest absolute Gasteiger partial charge is 0.166 e. The van der Waals surface area contributed by atoms with Gasteiger partial charge in [0.15, 0.2) is 11.6 Å². The number of hydrogen-bond donors (Lipinski definition) is 1. The van der Waals surface area contributed by atoms with Crippen molar-refractivity contribution in [1.29, 1.82) is 0 Å². The molecule has 3 aromatic rings. The molecule has 1 heterocycles. The van der Waals surface area contributed by atoms with Gasteiger partial charge in [-0.3, -0.25) is 0 Å². The average molecular weight is 340 g/mol. The quantitative estimate of drug-likeness (QED) is 0.729. The fraction of sp³-hybridized carbons (Fsp3) is 0.150. The van der Waals surface area contributed by atoms with Crippen LogP contribution in [-0.4, -0.2) is 4.98 Å². The maximum atomic E-state index is 14.3. The van der Waals surface area contributed by atoms with Crippen molar-refractivity contribution in [3.05, 3.63) is 77.5 Å². The van der Waals surface area contributed by atoms with Crippen LogP contribution >= 0.6 is 0 Å². The van der Waals surface area contributed by atoms with Gasteiger partial charge in [0.2, 0.25) is 0 Å². The number of aromatic nitrogens is 1. The molecule has 0 radical (unpaired) electrons. The van der Waals surface area contributed by atoms with Crippen molar-refractivity contribution in [2.45, 2.75) is 20.0 Å². The molecular formula is C20H18F2N2O. The number of nitrogen functional groups attached to an aromatic ring is 1. The molecule has 0 saturated heterocycles. The minimum absolute atomic E-state index is 0.108. The van der Waals surface area contributed by atoms with E-state index in [0.29, 0.717) is 17.7 Å². The van der Waals surface area contributed by atoms with Gasteiger partial charge in [-0.15, -0.1) is 0 Å². The van der Waals surface area contributed by atoms with E-state index in [9.17, 15) is 8.78 Å². The van der Waals surface area contributed by atoms with Gasteiger partial charge in [-0.25, -0.2) is 13.8 Å². The molecule has 3 nitrogen and oxygen atoms in total. The lowest BCUT2D eigenvalue weighted by atomic mass is 10.1. The zero-order chi connectivity index (χ0) is 17.8. The second-order valence-corrected chi connectivity index (χ2v) is 5.61. The Kier molecular flexibility index (Phi) is 4.93. The van der Waals surface area contributed by atoms with E-state index in [4.69, 9.17) is 10.5 Å². The van der Waals surface area contributed by atoms with Gasteiger partial charge in [0.1, 0.15) is 18.2 Å². The topological polar surface area (TPSA) is 48.1 Å². The molecule has 0 aliphatic rings. The van der Waals surface area contributed by atoms with Crippen molar-refractivity contribution in [2.24, 2.45) is 0 Å². The lowest BCUT2D eigenvalue weighted by Gasteiger charge is -2.12. The van der Waals surface area contributed by atoms with Gasteiger partial charge in [0.25, 0.3) is 0 Å². The molecule has 1 aromatic heterocycles. The Labute approximate surface area is 145 Å². The summed E-state index contributed by atoms with van der Waals surface area (Å²) in [5.41, 5.74) is 7.94. The summed E-state index contributed by atoms with van der Waals surface area (Å²) in [5.74, 6) is -0.747. The van der Waals surface area contributed by atoms with E-state index in [1.54, 1.807) is 12.3 Å². The third-order valence-electron chi connectivity index (χ3n) is 4.01. The molecule has 128 valence electrons. The summed E-state index contributed by atoms with van der Waals surface area (Å²) in [6.07, 6.45) is 2.11. The van der Waals surface area contributed by atoms with Crippen LogP contribution in [0.2, 0.25) is 0 Å². The fourth-order valence-corrected chi connectivity index (χ4v) is 2.56. The zero-order valence-corrected chi connectivity index (χ0v) is 13.8. The first-order valence-corrected chi connectivity index (χ1v) is 7.99. The van der Waals surface area contributed by atoms with Gasteiger partial charge < -0.3 is 10.5 Å². The van der Waals surface area contributed by atoms with Gasteiger partial charge in [0.05, 0.1) is 5.56 Å². The van der Waals surface area contributed by atoms with E-state index in [0.717, 1.165) is 11.1 Å². The number of benzene rings is 2. The van der Waals surface area contributed by atoms with Crippen LogP contribution in [0.3, 0.4) is 0 Å². The highest BCUT2D eigenvalue weighted by molar-refractivity contribution is 5.66. The molecule has 5 heteroatoms. The maximum absolute atomic E-state index is 14.3. The average Bonchev–Trinajstić information content (AvgIpc) is 2.64. The molecule has 0 unspecified atom stereocenters. The van der Waals surface area contributed by atoms with Gasteiger partial charge in [-0.05, 0) is 29.7 Å². The van der Waals surface area contributed by atoms with Gasteiger partial charge in [-0.1, -0.05) is 43.3 Å². The molecule has 3 rings (SSSR count). The van der Waals surface area contributed by atoms with Crippen LogP contribution in [0, 0.1) is 11.6 Å². The van der Waals surface area contributed by atoms with Gasteiger partial charge in [-0.2, -0.15) is 0 Å². The first kappa shape index (κ1) is 16.9. The van der Waals surface area contributed by atoms with Crippen LogP contribution in [0.4, 0.5) is 14.6 Å².